The lowest BCUT2D eigenvalue weighted by Crippen LogP contribution is -2.68. The largest absolute Gasteiger partial charge is 0.350 e. The number of benzene rings is 2. The number of nitrogens with one attached hydrogen (secondary N) is 2. The third-order valence-electron chi connectivity index (χ3n) is 7.81. The zero-order valence-electron chi connectivity index (χ0n) is 16.0. The molecular formula is C24H26N2O2. The lowest BCUT2D eigenvalue weighted by molar-refractivity contribution is -0.230. The second kappa shape index (κ2) is 5.45. The Morgan fingerprint density at radius 2 is 1.14 bits per heavy atom. The highest BCUT2D eigenvalue weighted by atomic mass is 16.6. The molecule has 2 saturated heterocycles. The Balaban J connectivity index is 1.26. The van der Waals surface area contributed by atoms with Gasteiger partial charge in [0.25, 0.3) is 0 Å². The molecule has 28 heavy (non-hydrogen) atoms. The van der Waals surface area contributed by atoms with Crippen LogP contribution in [0.15, 0.2) is 48.5 Å². The van der Waals surface area contributed by atoms with Crippen molar-refractivity contribution in [3.63, 3.8) is 0 Å². The predicted molar refractivity (Wildman–Crippen MR) is 106 cm³/mol. The third-order valence-corrected chi connectivity index (χ3v) is 7.81. The first-order valence-corrected chi connectivity index (χ1v) is 10.8. The average molecular weight is 374 g/mol. The highest BCUT2D eigenvalue weighted by Gasteiger charge is 2.66. The van der Waals surface area contributed by atoms with Crippen molar-refractivity contribution in [3.8, 4) is 0 Å². The predicted octanol–water partition coefficient (Wildman–Crippen LogP) is 3.52. The number of rotatable bonds is 0. The molecule has 0 radical (unpaired) electrons. The maximum absolute atomic E-state index is 6.89. The summed E-state index contributed by atoms with van der Waals surface area (Å²) in [6.07, 6.45) is 6.82. The average Bonchev–Trinajstić information content (AvgIpc) is 3.41. The van der Waals surface area contributed by atoms with E-state index >= 15 is 0 Å². The summed E-state index contributed by atoms with van der Waals surface area (Å²) in [5.74, 6) is 0. The minimum absolute atomic E-state index is 0.213. The standard InChI is InChI=1S/C24H26N2O2/c1-3-9-17-15(7-1)13-19-21(17)25-23(27-19)11-5-6-12-24(23)26-22-18-10-4-2-8-16(18)14-20(22)28-24/h1-4,7-10,19-22,25-26H,5-6,11-14H2. The molecule has 6 unspecified atom stereocenters. The van der Waals surface area contributed by atoms with Crippen molar-refractivity contribution in [1.29, 1.82) is 0 Å². The summed E-state index contributed by atoms with van der Waals surface area (Å²) >= 11 is 0. The summed E-state index contributed by atoms with van der Waals surface area (Å²) in [5.41, 5.74) is 4.83. The van der Waals surface area contributed by atoms with Gasteiger partial charge in [-0.25, -0.2) is 0 Å². The Hall–Kier alpha value is -1.72. The van der Waals surface area contributed by atoms with E-state index in [0.717, 1.165) is 25.7 Å². The molecule has 3 aliphatic carbocycles. The van der Waals surface area contributed by atoms with E-state index in [4.69, 9.17) is 9.47 Å². The van der Waals surface area contributed by atoms with Gasteiger partial charge in [0, 0.05) is 12.8 Å². The van der Waals surface area contributed by atoms with Gasteiger partial charge in [-0.2, -0.15) is 0 Å². The Labute approximate surface area is 165 Å². The lowest BCUT2D eigenvalue weighted by atomic mass is 9.82. The van der Waals surface area contributed by atoms with Crippen LogP contribution < -0.4 is 10.6 Å². The van der Waals surface area contributed by atoms with Crippen LogP contribution in [0.4, 0.5) is 0 Å². The van der Waals surface area contributed by atoms with Crippen LogP contribution in [0.25, 0.3) is 0 Å². The summed E-state index contributed by atoms with van der Waals surface area (Å²) in [6, 6.07) is 18.1. The second-order valence-electron chi connectivity index (χ2n) is 9.22. The normalized spacial score (nSPS) is 42.6. The molecule has 2 spiro atoms. The summed E-state index contributed by atoms with van der Waals surface area (Å²) in [5, 5.41) is 7.92. The molecule has 2 heterocycles. The van der Waals surface area contributed by atoms with Crippen molar-refractivity contribution in [1.82, 2.24) is 10.6 Å². The molecule has 5 aliphatic rings. The summed E-state index contributed by atoms with van der Waals surface area (Å²) < 4.78 is 13.8. The van der Waals surface area contributed by atoms with Crippen molar-refractivity contribution >= 4 is 0 Å². The number of fused-ring (bicyclic) bond motifs is 7. The van der Waals surface area contributed by atoms with Crippen LogP contribution in [-0.2, 0) is 22.3 Å². The van der Waals surface area contributed by atoms with Gasteiger partial charge in [0.1, 0.15) is 0 Å². The zero-order valence-corrected chi connectivity index (χ0v) is 16.0. The summed E-state index contributed by atoms with van der Waals surface area (Å²) in [4.78, 5) is 0. The van der Waals surface area contributed by atoms with Crippen molar-refractivity contribution < 1.29 is 9.47 Å². The van der Waals surface area contributed by atoms with Crippen molar-refractivity contribution in [2.45, 2.75) is 74.3 Å². The van der Waals surface area contributed by atoms with E-state index in [1.54, 1.807) is 0 Å². The van der Waals surface area contributed by atoms with Gasteiger partial charge in [0.15, 0.2) is 11.4 Å². The van der Waals surface area contributed by atoms with E-state index in [-0.39, 0.29) is 24.3 Å². The van der Waals surface area contributed by atoms with E-state index in [1.165, 1.54) is 35.1 Å². The van der Waals surface area contributed by atoms with E-state index in [0.29, 0.717) is 0 Å². The van der Waals surface area contributed by atoms with E-state index in [1.807, 2.05) is 0 Å². The Morgan fingerprint density at radius 1 is 0.679 bits per heavy atom. The van der Waals surface area contributed by atoms with Gasteiger partial charge in [-0.05, 0) is 47.9 Å². The SMILES string of the molecule is c1ccc2c(c1)CC1OC3(CCCCC34NC3c5ccccc5CC3O4)NC21. The molecule has 2 N–H and O–H groups in total. The Bertz CT molecular complexity index is 884. The minimum Gasteiger partial charge on any atom is -0.350 e. The van der Waals surface area contributed by atoms with Gasteiger partial charge in [-0.1, -0.05) is 48.5 Å². The molecule has 0 aromatic heterocycles. The van der Waals surface area contributed by atoms with Gasteiger partial charge in [0.2, 0.25) is 0 Å². The third kappa shape index (κ3) is 1.94. The van der Waals surface area contributed by atoms with Crippen LogP contribution in [0.1, 0.15) is 60.0 Å². The van der Waals surface area contributed by atoms with Crippen LogP contribution in [0, 0.1) is 0 Å². The van der Waals surface area contributed by atoms with Crippen molar-refractivity contribution in [2.24, 2.45) is 0 Å². The number of hydrogen-bond acceptors (Lipinski definition) is 4. The lowest BCUT2D eigenvalue weighted by Gasteiger charge is -2.49. The first kappa shape index (κ1) is 16.1. The van der Waals surface area contributed by atoms with E-state index in [9.17, 15) is 0 Å². The number of hydrogen-bond donors (Lipinski definition) is 2. The van der Waals surface area contributed by atoms with Crippen LogP contribution in [0.5, 0.6) is 0 Å². The highest BCUT2D eigenvalue weighted by molar-refractivity contribution is 5.40. The summed E-state index contributed by atoms with van der Waals surface area (Å²) in [6.45, 7) is 0. The monoisotopic (exact) mass is 374 g/mol. The minimum atomic E-state index is -0.423. The van der Waals surface area contributed by atoms with E-state index < -0.39 is 11.4 Å². The molecule has 0 bridgehead atoms. The quantitative estimate of drug-likeness (QED) is 0.740. The molecular weight excluding hydrogens is 348 g/mol. The zero-order chi connectivity index (χ0) is 18.3. The molecule has 2 aromatic rings. The van der Waals surface area contributed by atoms with Crippen LogP contribution in [-0.4, -0.2) is 23.7 Å². The molecule has 2 aliphatic heterocycles. The molecule has 0 amide bonds. The molecule has 4 nitrogen and oxygen atoms in total. The first-order valence-electron chi connectivity index (χ1n) is 10.8. The summed E-state index contributed by atoms with van der Waals surface area (Å²) in [7, 11) is 0. The highest BCUT2D eigenvalue weighted by Crippen LogP contribution is 2.55. The Morgan fingerprint density at radius 3 is 1.64 bits per heavy atom. The molecule has 2 aromatic carbocycles. The second-order valence-corrected chi connectivity index (χ2v) is 9.22. The smallest absolute Gasteiger partial charge is 0.163 e. The van der Waals surface area contributed by atoms with Gasteiger partial charge in [0.05, 0.1) is 24.3 Å². The van der Waals surface area contributed by atoms with Crippen molar-refractivity contribution in [2.75, 3.05) is 0 Å². The topological polar surface area (TPSA) is 42.5 Å². The molecule has 1 saturated carbocycles. The first-order chi connectivity index (χ1) is 13.8. The van der Waals surface area contributed by atoms with Crippen LogP contribution in [0.3, 0.4) is 0 Å². The molecule has 144 valence electrons. The fourth-order valence-corrected chi connectivity index (χ4v) is 6.60. The fourth-order valence-electron chi connectivity index (χ4n) is 6.60. The van der Waals surface area contributed by atoms with Gasteiger partial charge in [-0.15, -0.1) is 0 Å². The molecule has 7 rings (SSSR count). The maximum atomic E-state index is 6.89. The van der Waals surface area contributed by atoms with Crippen LogP contribution >= 0.6 is 0 Å². The van der Waals surface area contributed by atoms with Gasteiger partial charge < -0.3 is 9.47 Å². The number of ether oxygens (including phenoxy) is 2. The maximum Gasteiger partial charge on any atom is 0.163 e. The fraction of sp³-hybridized carbons (Fsp3) is 0.500. The Kier molecular flexibility index (Phi) is 3.14. The molecule has 3 fully saturated rings. The molecule has 4 heteroatoms. The molecule has 6 atom stereocenters. The van der Waals surface area contributed by atoms with Crippen LogP contribution in [0.2, 0.25) is 0 Å². The van der Waals surface area contributed by atoms with Crippen molar-refractivity contribution in [3.05, 3.63) is 70.8 Å². The van der Waals surface area contributed by atoms with Gasteiger partial charge >= 0.3 is 0 Å². The van der Waals surface area contributed by atoms with Gasteiger partial charge in [-0.3, -0.25) is 10.6 Å². The van der Waals surface area contributed by atoms with E-state index in [2.05, 4.69) is 59.2 Å².